The third kappa shape index (κ3) is 4.87. The molecule has 33 heavy (non-hydrogen) atoms. The molecule has 0 aliphatic carbocycles. The molecule has 1 saturated heterocycles. The lowest BCUT2D eigenvalue weighted by Gasteiger charge is -2.32. The van der Waals surface area contributed by atoms with Crippen molar-refractivity contribution in [3.63, 3.8) is 0 Å². The number of likely N-dealkylation sites (tertiary alicyclic amines) is 1. The van der Waals surface area contributed by atoms with Crippen molar-refractivity contribution in [3.05, 3.63) is 58.4 Å². The van der Waals surface area contributed by atoms with Gasteiger partial charge in [-0.3, -0.25) is 4.79 Å². The van der Waals surface area contributed by atoms with E-state index in [0.717, 1.165) is 33.0 Å². The molecule has 6 nitrogen and oxygen atoms in total. The summed E-state index contributed by atoms with van der Waals surface area (Å²) >= 11 is 6.25. The Morgan fingerprint density at radius 2 is 1.88 bits per heavy atom. The summed E-state index contributed by atoms with van der Waals surface area (Å²) in [6.07, 6.45) is -0.315. The zero-order chi connectivity index (χ0) is 23.9. The highest BCUT2D eigenvalue weighted by Crippen LogP contribution is 2.34. The summed E-state index contributed by atoms with van der Waals surface area (Å²) < 4.78 is 7.93. The number of rotatable bonds is 6. The number of carbonyl (C=O) groups is 1. The van der Waals surface area contributed by atoms with Crippen LogP contribution in [0.4, 0.5) is 0 Å². The first-order valence-corrected chi connectivity index (χ1v) is 11.8. The molecule has 1 N–H and O–H groups in total. The fourth-order valence-electron chi connectivity index (χ4n) is 4.57. The number of hydrogen-bond donors (Lipinski definition) is 1. The highest BCUT2D eigenvalue weighted by molar-refractivity contribution is 6.32. The van der Waals surface area contributed by atoms with Gasteiger partial charge in [-0.1, -0.05) is 23.7 Å². The molecule has 7 heteroatoms. The maximum absolute atomic E-state index is 12.7. The van der Waals surface area contributed by atoms with E-state index in [4.69, 9.17) is 21.3 Å². The molecule has 3 aromatic rings. The molecule has 1 aliphatic rings. The summed E-state index contributed by atoms with van der Waals surface area (Å²) in [4.78, 5) is 19.5. The lowest BCUT2D eigenvalue weighted by atomic mass is 10.1. The lowest BCUT2D eigenvalue weighted by molar-refractivity contribution is -0.131. The Bertz CT molecular complexity index is 1160. The van der Waals surface area contributed by atoms with Gasteiger partial charge in [-0.15, -0.1) is 0 Å². The van der Waals surface area contributed by atoms with Crippen LogP contribution in [0.5, 0.6) is 5.75 Å². The van der Waals surface area contributed by atoms with E-state index >= 15 is 0 Å². The van der Waals surface area contributed by atoms with E-state index in [-0.39, 0.29) is 24.0 Å². The molecule has 0 bridgehead atoms. The van der Waals surface area contributed by atoms with Crippen LogP contribution in [0.15, 0.2) is 36.4 Å². The van der Waals surface area contributed by atoms with E-state index < -0.39 is 6.10 Å². The summed E-state index contributed by atoms with van der Waals surface area (Å²) in [5.41, 5.74) is 3.47. The van der Waals surface area contributed by atoms with Gasteiger partial charge in [0.15, 0.2) is 0 Å². The van der Waals surface area contributed by atoms with Gasteiger partial charge < -0.3 is 19.3 Å². The van der Waals surface area contributed by atoms with Gasteiger partial charge in [-0.05, 0) is 70.0 Å². The third-order valence-electron chi connectivity index (χ3n) is 6.23. The molecule has 1 fully saturated rings. The summed E-state index contributed by atoms with van der Waals surface area (Å²) in [6.45, 7) is 11.1. The fraction of sp³-hybridized carbons (Fsp3) is 0.462. The van der Waals surface area contributed by atoms with Crippen LogP contribution in [0, 0.1) is 13.8 Å². The van der Waals surface area contributed by atoms with E-state index in [1.165, 1.54) is 0 Å². The van der Waals surface area contributed by atoms with Gasteiger partial charge in [-0.2, -0.15) is 0 Å². The lowest BCUT2D eigenvalue weighted by Crippen LogP contribution is -2.42. The SMILES string of the molecule is Cc1cc(OCC(O)Cn2c(C3CC(=O)N(C(C)(C)C)C3)nc3ccccc32)cc(C)c1Cl. The Morgan fingerprint density at radius 1 is 1.21 bits per heavy atom. The number of benzene rings is 2. The van der Waals surface area contributed by atoms with Crippen molar-refractivity contribution in [2.75, 3.05) is 13.2 Å². The number of carbonyl (C=O) groups excluding carboxylic acids is 1. The summed E-state index contributed by atoms with van der Waals surface area (Å²) in [7, 11) is 0. The number of aliphatic hydroxyl groups excluding tert-OH is 1. The molecular formula is C26H32ClN3O3. The van der Waals surface area contributed by atoms with Crippen molar-refractivity contribution in [3.8, 4) is 5.75 Å². The van der Waals surface area contributed by atoms with E-state index in [0.29, 0.717) is 25.3 Å². The predicted molar refractivity (Wildman–Crippen MR) is 131 cm³/mol. The normalized spacial score (nSPS) is 17.7. The highest BCUT2D eigenvalue weighted by Gasteiger charge is 2.39. The van der Waals surface area contributed by atoms with Gasteiger partial charge in [0.05, 0.1) is 17.6 Å². The summed E-state index contributed by atoms with van der Waals surface area (Å²) in [5.74, 6) is 1.65. The van der Waals surface area contributed by atoms with Crippen molar-refractivity contribution < 1.29 is 14.6 Å². The second-order valence-corrected chi connectivity index (χ2v) is 10.4. The van der Waals surface area contributed by atoms with E-state index in [1.807, 2.05) is 59.7 Å². The van der Waals surface area contributed by atoms with Crippen molar-refractivity contribution >= 4 is 28.5 Å². The van der Waals surface area contributed by atoms with Crippen LogP contribution in [-0.2, 0) is 11.3 Å². The Morgan fingerprint density at radius 3 is 2.52 bits per heavy atom. The molecule has 0 saturated carbocycles. The van der Waals surface area contributed by atoms with Crippen LogP contribution in [0.2, 0.25) is 5.02 Å². The fourth-order valence-corrected chi connectivity index (χ4v) is 4.68. The average molecular weight is 470 g/mol. The number of aliphatic hydroxyl groups is 1. The molecule has 0 radical (unpaired) electrons. The van der Waals surface area contributed by atoms with Crippen LogP contribution in [0.25, 0.3) is 11.0 Å². The van der Waals surface area contributed by atoms with Gasteiger partial charge in [0.2, 0.25) is 5.91 Å². The molecule has 2 atom stereocenters. The highest BCUT2D eigenvalue weighted by atomic mass is 35.5. The molecule has 1 amide bonds. The molecule has 2 aromatic carbocycles. The maximum atomic E-state index is 12.7. The average Bonchev–Trinajstić information content (AvgIpc) is 3.31. The number of amides is 1. The van der Waals surface area contributed by atoms with Crippen LogP contribution >= 0.6 is 11.6 Å². The van der Waals surface area contributed by atoms with E-state index in [1.54, 1.807) is 0 Å². The van der Waals surface area contributed by atoms with Crippen molar-refractivity contribution in [2.45, 2.75) is 65.1 Å². The maximum Gasteiger partial charge on any atom is 0.223 e. The second-order valence-electron chi connectivity index (χ2n) is 9.98. The first kappa shape index (κ1) is 23.6. The zero-order valence-corrected chi connectivity index (χ0v) is 20.7. The van der Waals surface area contributed by atoms with Crippen LogP contribution < -0.4 is 4.74 Å². The van der Waals surface area contributed by atoms with Gasteiger partial charge in [0.25, 0.3) is 0 Å². The van der Waals surface area contributed by atoms with Gasteiger partial charge in [0, 0.05) is 29.4 Å². The topological polar surface area (TPSA) is 67.6 Å². The van der Waals surface area contributed by atoms with E-state index in [9.17, 15) is 9.90 Å². The Balaban J connectivity index is 1.55. The molecule has 0 spiro atoms. The number of hydrogen-bond acceptors (Lipinski definition) is 4. The van der Waals surface area contributed by atoms with Gasteiger partial charge >= 0.3 is 0 Å². The van der Waals surface area contributed by atoms with E-state index in [2.05, 4.69) is 20.8 Å². The molecule has 176 valence electrons. The minimum atomic E-state index is -0.742. The minimum absolute atomic E-state index is 0.0150. The van der Waals surface area contributed by atoms with Gasteiger partial charge in [-0.25, -0.2) is 4.98 Å². The Kier molecular flexibility index (Phi) is 6.43. The Hall–Kier alpha value is -2.57. The number of nitrogens with zero attached hydrogens (tertiary/aromatic N) is 3. The van der Waals surface area contributed by atoms with Crippen molar-refractivity contribution in [1.82, 2.24) is 14.5 Å². The summed E-state index contributed by atoms with van der Waals surface area (Å²) in [5, 5.41) is 11.6. The van der Waals surface area contributed by atoms with Crippen LogP contribution in [0.3, 0.4) is 0 Å². The van der Waals surface area contributed by atoms with Crippen molar-refractivity contribution in [2.24, 2.45) is 0 Å². The van der Waals surface area contributed by atoms with Crippen LogP contribution in [0.1, 0.15) is 50.1 Å². The number of imidazole rings is 1. The number of ether oxygens (including phenoxy) is 1. The van der Waals surface area contributed by atoms with Crippen molar-refractivity contribution in [1.29, 1.82) is 0 Å². The first-order chi connectivity index (χ1) is 15.5. The molecule has 1 aromatic heterocycles. The molecule has 2 unspecified atom stereocenters. The number of halogens is 1. The Labute approximate surface area is 200 Å². The number of fused-ring (bicyclic) bond motifs is 1. The third-order valence-corrected chi connectivity index (χ3v) is 6.83. The zero-order valence-electron chi connectivity index (χ0n) is 19.9. The number of aromatic nitrogens is 2. The molecule has 4 rings (SSSR count). The molecular weight excluding hydrogens is 438 g/mol. The smallest absolute Gasteiger partial charge is 0.223 e. The first-order valence-electron chi connectivity index (χ1n) is 11.4. The number of para-hydroxylation sites is 2. The minimum Gasteiger partial charge on any atom is -0.491 e. The second kappa shape index (κ2) is 8.99. The standard InChI is InChI=1S/C26H32ClN3O3/c1-16-10-20(11-17(2)24(16)27)33-15-19(31)14-29-22-9-7-6-8-21(22)28-25(29)18-12-23(32)30(13-18)26(3,4)5/h6-11,18-19,31H,12-15H2,1-5H3. The molecule has 1 aliphatic heterocycles. The van der Waals surface area contributed by atoms with Gasteiger partial charge in [0.1, 0.15) is 24.3 Å². The predicted octanol–water partition coefficient (Wildman–Crippen LogP) is 4.86. The number of aryl methyl sites for hydroxylation is 2. The monoisotopic (exact) mass is 469 g/mol. The molecule has 2 heterocycles. The van der Waals surface area contributed by atoms with Crippen LogP contribution in [-0.4, -0.2) is 50.3 Å². The largest absolute Gasteiger partial charge is 0.491 e. The summed E-state index contributed by atoms with van der Waals surface area (Å²) in [6, 6.07) is 11.7. The quantitative estimate of drug-likeness (QED) is 0.559.